The van der Waals surface area contributed by atoms with Gasteiger partial charge in [0.25, 0.3) is 0 Å². The van der Waals surface area contributed by atoms with Crippen LogP contribution in [0.25, 0.3) is 0 Å². The van der Waals surface area contributed by atoms with E-state index >= 15 is 0 Å². The minimum absolute atomic E-state index is 0.360. The Morgan fingerprint density at radius 2 is 2.00 bits per heavy atom. The summed E-state index contributed by atoms with van der Waals surface area (Å²) >= 11 is 6.12. The van der Waals surface area contributed by atoms with Crippen molar-refractivity contribution in [1.29, 1.82) is 0 Å². The normalized spacial score (nSPS) is 11.8. The molecule has 0 saturated heterocycles. The molecule has 120 valence electrons. The van der Waals surface area contributed by atoms with Crippen molar-refractivity contribution in [3.63, 3.8) is 0 Å². The van der Waals surface area contributed by atoms with Crippen molar-refractivity contribution in [1.82, 2.24) is 5.32 Å². The second-order valence-corrected chi connectivity index (χ2v) is 6.48. The Bertz CT molecular complexity index is 456. The average molecular weight is 316 g/mol. The van der Waals surface area contributed by atoms with E-state index in [1.807, 2.05) is 6.07 Å². The number of hydrogen-bond donors (Lipinski definition) is 2. The van der Waals surface area contributed by atoms with Gasteiger partial charge in [-0.1, -0.05) is 25.4 Å². The molecule has 0 spiro atoms. The van der Waals surface area contributed by atoms with Gasteiger partial charge in [-0.25, -0.2) is 0 Å². The highest BCUT2D eigenvalue weighted by Crippen LogP contribution is 2.35. The molecule has 1 aromatic carbocycles. The van der Waals surface area contributed by atoms with Gasteiger partial charge < -0.3 is 19.9 Å². The molecule has 0 aliphatic carbocycles. The summed E-state index contributed by atoms with van der Waals surface area (Å²) in [7, 11) is 1.59. The van der Waals surface area contributed by atoms with Crippen molar-refractivity contribution in [2.24, 2.45) is 0 Å². The number of halogens is 1. The Hall–Kier alpha value is -0.970. The topological polar surface area (TPSA) is 50.7 Å². The lowest BCUT2D eigenvalue weighted by atomic mass is 10.1. The zero-order valence-corrected chi connectivity index (χ0v) is 14.3. The fourth-order valence-corrected chi connectivity index (χ4v) is 2.02. The largest absolute Gasteiger partial charge is 0.493 e. The number of methoxy groups -OCH3 is 1. The molecule has 4 nitrogen and oxygen atoms in total. The molecular weight excluding hydrogens is 290 g/mol. The average Bonchev–Trinajstić information content (AvgIpc) is 2.36. The fourth-order valence-electron chi connectivity index (χ4n) is 1.79. The van der Waals surface area contributed by atoms with Gasteiger partial charge in [0.05, 0.1) is 19.3 Å². The van der Waals surface area contributed by atoms with Crippen molar-refractivity contribution >= 4 is 11.6 Å². The lowest BCUT2D eigenvalue weighted by molar-refractivity contribution is 0.0547. The van der Waals surface area contributed by atoms with Crippen molar-refractivity contribution < 1.29 is 14.6 Å². The van der Waals surface area contributed by atoms with Crippen LogP contribution in [0.4, 0.5) is 0 Å². The van der Waals surface area contributed by atoms with Gasteiger partial charge in [0.15, 0.2) is 11.5 Å². The summed E-state index contributed by atoms with van der Waals surface area (Å²) in [5, 5.41) is 13.7. The maximum Gasteiger partial charge on any atom is 0.165 e. The van der Waals surface area contributed by atoms with Gasteiger partial charge in [0, 0.05) is 35.7 Å². The predicted octanol–water partition coefficient (Wildman–Crippen LogP) is 3.39. The number of ether oxygens (including phenoxy) is 2. The van der Waals surface area contributed by atoms with Crippen LogP contribution in [0.2, 0.25) is 5.02 Å². The Morgan fingerprint density at radius 3 is 2.52 bits per heavy atom. The third kappa shape index (κ3) is 6.55. The molecule has 0 heterocycles. The number of rotatable bonds is 8. The smallest absolute Gasteiger partial charge is 0.165 e. The first kappa shape index (κ1) is 18.1. The quantitative estimate of drug-likeness (QED) is 0.772. The molecule has 0 bridgehead atoms. The molecule has 2 N–H and O–H groups in total. The Labute approximate surface area is 132 Å². The molecule has 1 aromatic rings. The summed E-state index contributed by atoms with van der Waals surface area (Å²) in [5.41, 5.74) is 0.194. The van der Waals surface area contributed by atoms with Gasteiger partial charge in [0.2, 0.25) is 0 Å². The van der Waals surface area contributed by atoms with Crippen LogP contribution in [0.3, 0.4) is 0 Å². The lowest BCUT2D eigenvalue weighted by Gasteiger charge is -2.20. The Morgan fingerprint density at radius 1 is 1.33 bits per heavy atom. The summed E-state index contributed by atoms with van der Waals surface area (Å²) in [5.74, 6) is 1.29. The van der Waals surface area contributed by atoms with Crippen LogP contribution in [-0.4, -0.2) is 30.5 Å². The van der Waals surface area contributed by atoms with E-state index in [0.29, 0.717) is 42.1 Å². The molecule has 0 unspecified atom stereocenters. The predicted molar refractivity (Wildman–Crippen MR) is 86.4 cm³/mol. The second kappa shape index (κ2) is 7.87. The zero-order valence-electron chi connectivity index (χ0n) is 13.5. The Kier molecular flexibility index (Phi) is 6.78. The van der Waals surface area contributed by atoms with Gasteiger partial charge in [-0.2, -0.15) is 0 Å². The monoisotopic (exact) mass is 315 g/mol. The molecule has 0 fully saturated rings. The highest BCUT2D eigenvalue weighted by molar-refractivity contribution is 6.30. The van der Waals surface area contributed by atoms with Gasteiger partial charge >= 0.3 is 0 Å². The van der Waals surface area contributed by atoms with Crippen LogP contribution in [0.15, 0.2) is 12.1 Å². The molecule has 0 radical (unpaired) electrons. The third-order valence-corrected chi connectivity index (χ3v) is 3.20. The summed E-state index contributed by atoms with van der Waals surface area (Å²) in [6.45, 7) is 8.74. The number of benzene rings is 1. The maximum atomic E-state index is 9.77. The SMILES string of the molecule is COc1cc(Cl)cc(CNC(C)C)c1OCCC(C)(C)O. The molecule has 0 aromatic heterocycles. The molecule has 0 atom stereocenters. The fraction of sp³-hybridized carbons (Fsp3) is 0.625. The lowest BCUT2D eigenvalue weighted by Crippen LogP contribution is -2.24. The standard InChI is InChI=1S/C16H26ClNO3/c1-11(2)18-10-12-8-13(17)9-14(20-5)15(12)21-7-6-16(3,4)19/h8-9,11,18-19H,6-7,10H2,1-5H3. The number of nitrogens with one attached hydrogen (secondary N) is 1. The molecule has 0 amide bonds. The van der Waals surface area contributed by atoms with Crippen LogP contribution in [0.5, 0.6) is 11.5 Å². The maximum absolute atomic E-state index is 9.77. The second-order valence-electron chi connectivity index (χ2n) is 6.04. The van der Waals surface area contributed by atoms with Crippen LogP contribution in [-0.2, 0) is 6.54 Å². The third-order valence-electron chi connectivity index (χ3n) is 2.98. The van der Waals surface area contributed by atoms with E-state index in [4.69, 9.17) is 21.1 Å². The summed E-state index contributed by atoms with van der Waals surface area (Å²) in [4.78, 5) is 0. The van der Waals surface area contributed by atoms with Crippen molar-refractivity contribution in [2.75, 3.05) is 13.7 Å². The van der Waals surface area contributed by atoms with Crippen LogP contribution in [0, 0.1) is 0 Å². The first-order chi connectivity index (χ1) is 9.73. The van der Waals surface area contributed by atoms with Gasteiger partial charge in [-0.3, -0.25) is 0 Å². The molecule has 5 heteroatoms. The molecular formula is C16H26ClNO3. The summed E-state index contributed by atoms with van der Waals surface area (Å²) < 4.78 is 11.2. The van der Waals surface area contributed by atoms with Crippen molar-refractivity contribution in [3.05, 3.63) is 22.7 Å². The summed E-state index contributed by atoms with van der Waals surface area (Å²) in [6, 6.07) is 3.97. The van der Waals surface area contributed by atoms with Gasteiger partial charge in [0.1, 0.15) is 0 Å². The van der Waals surface area contributed by atoms with E-state index in [2.05, 4.69) is 19.2 Å². The molecule has 1 rings (SSSR count). The first-order valence-corrected chi connectivity index (χ1v) is 7.55. The minimum atomic E-state index is -0.754. The van der Waals surface area contributed by atoms with Crippen molar-refractivity contribution in [3.8, 4) is 11.5 Å². The molecule has 21 heavy (non-hydrogen) atoms. The summed E-state index contributed by atoms with van der Waals surface area (Å²) in [6.07, 6.45) is 0.538. The highest BCUT2D eigenvalue weighted by atomic mass is 35.5. The van der Waals surface area contributed by atoms with Crippen molar-refractivity contribution in [2.45, 2.75) is 52.3 Å². The molecule has 0 saturated carbocycles. The minimum Gasteiger partial charge on any atom is -0.493 e. The zero-order chi connectivity index (χ0) is 16.0. The van der Waals surface area contributed by atoms with Gasteiger partial charge in [-0.05, 0) is 19.9 Å². The van der Waals surface area contributed by atoms with E-state index in [9.17, 15) is 5.11 Å². The van der Waals surface area contributed by atoms with E-state index in [0.717, 1.165) is 5.56 Å². The molecule has 0 aliphatic rings. The van der Waals surface area contributed by atoms with Crippen LogP contribution < -0.4 is 14.8 Å². The van der Waals surface area contributed by atoms with Gasteiger partial charge in [-0.15, -0.1) is 0 Å². The van der Waals surface area contributed by atoms with Crippen LogP contribution >= 0.6 is 11.6 Å². The number of hydrogen-bond acceptors (Lipinski definition) is 4. The van der Waals surface area contributed by atoms with E-state index in [1.165, 1.54) is 0 Å². The molecule has 0 aliphatic heterocycles. The highest BCUT2D eigenvalue weighted by Gasteiger charge is 2.16. The van der Waals surface area contributed by atoms with E-state index < -0.39 is 5.60 Å². The number of aliphatic hydroxyl groups is 1. The van der Waals surface area contributed by atoms with E-state index in [-0.39, 0.29) is 0 Å². The Balaban J connectivity index is 2.91. The first-order valence-electron chi connectivity index (χ1n) is 7.18. The van der Waals surface area contributed by atoms with Crippen LogP contribution in [0.1, 0.15) is 39.7 Å². The van der Waals surface area contributed by atoms with E-state index in [1.54, 1.807) is 27.0 Å².